The van der Waals surface area contributed by atoms with E-state index in [1.54, 1.807) is 21.6 Å². The van der Waals surface area contributed by atoms with Gasteiger partial charge in [-0.15, -0.1) is 0 Å². The lowest BCUT2D eigenvalue weighted by atomic mass is 10.2. The summed E-state index contributed by atoms with van der Waals surface area (Å²) in [6.45, 7) is 5.02. The zero-order chi connectivity index (χ0) is 18.4. The fourth-order valence-corrected chi connectivity index (χ4v) is 2.77. The smallest absolute Gasteiger partial charge is 0.273 e. The molecule has 26 heavy (non-hydrogen) atoms. The number of fused-ring (bicyclic) bond motifs is 1. The van der Waals surface area contributed by atoms with Crippen LogP contribution in [0.5, 0.6) is 0 Å². The van der Waals surface area contributed by atoms with Gasteiger partial charge in [0.2, 0.25) is 5.78 Å². The molecule has 0 saturated heterocycles. The van der Waals surface area contributed by atoms with Crippen LogP contribution in [0.3, 0.4) is 0 Å². The molecule has 0 N–H and O–H groups in total. The highest BCUT2D eigenvalue weighted by molar-refractivity contribution is 5.94. The van der Waals surface area contributed by atoms with Crippen LogP contribution in [0.15, 0.2) is 48.8 Å². The molecule has 1 aromatic carbocycles. The van der Waals surface area contributed by atoms with Crippen molar-refractivity contribution in [3.05, 3.63) is 65.7 Å². The molecule has 5 nitrogen and oxygen atoms in total. The lowest BCUT2D eigenvalue weighted by molar-refractivity contribution is 0.0767. The average Bonchev–Trinajstić information content (AvgIpc) is 3.00. The van der Waals surface area contributed by atoms with Crippen LogP contribution >= 0.6 is 0 Å². The molecule has 2 heterocycles. The molecule has 0 radical (unpaired) electrons. The van der Waals surface area contributed by atoms with Crippen LogP contribution in [-0.2, 0) is 0 Å². The first-order valence-electron chi connectivity index (χ1n) is 8.83. The summed E-state index contributed by atoms with van der Waals surface area (Å²) in [6, 6.07) is 11.6. The van der Waals surface area contributed by atoms with Crippen molar-refractivity contribution in [2.24, 2.45) is 0 Å². The Balaban J connectivity index is 1.86. The third-order valence-corrected chi connectivity index (χ3v) is 4.13. The molecule has 0 fully saturated rings. The maximum atomic E-state index is 13.2. The number of carbonyl (C=O) groups is 1. The fourth-order valence-electron chi connectivity index (χ4n) is 2.77. The summed E-state index contributed by atoms with van der Waals surface area (Å²) in [7, 11) is 0. The van der Waals surface area contributed by atoms with E-state index in [1.807, 2.05) is 43.5 Å². The van der Waals surface area contributed by atoms with Gasteiger partial charge in [0, 0.05) is 24.5 Å². The molecule has 1 amide bonds. The molecule has 0 saturated carbocycles. The first-order valence-corrected chi connectivity index (χ1v) is 8.83. The Labute approximate surface area is 153 Å². The van der Waals surface area contributed by atoms with Gasteiger partial charge in [-0.3, -0.25) is 9.20 Å². The molecule has 5 heteroatoms. The maximum absolute atomic E-state index is 13.2. The van der Waals surface area contributed by atoms with Crippen molar-refractivity contribution >= 4 is 11.7 Å². The molecule has 0 unspecified atom stereocenters. The van der Waals surface area contributed by atoms with E-state index in [-0.39, 0.29) is 5.91 Å². The summed E-state index contributed by atoms with van der Waals surface area (Å²) >= 11 is 0. The van der Waals surface area contributed by atoms with Crippen LogP contribution < -0.4 is 0 Å². The summed E-state index contributed by atoms with van der Waals surface area (Å²) in [5.74, 6) is 6.74. The number of hydrogen-bond acceptors (Lipinski definition) is 3. The van der Waals surface area contributed by atoms with Crippen molar-refractivity contribution in [2.45, 2.75) is 26.7 Å². The van der Waals surface area contributed by atoms with Gasteiger partial charge in [-0.2, -0.15) is 0 Å². The van der Waals surface area contributed by atoms with Crippen molar-refractivity contribution < 1.29 is 4.79 Å². The Morgan fingerprint density at radius 3 is 2.81 bits per heavy atom. The number of aromatic nitrogens is 3. The van der Waals surface area contributed by atoms with Crippen molar-refractivity contribution in [1.82, 2.24) is 19.3 Å². The minimum Gasteiger partial charge on any atom is -0.326 e. The molecular weight excluding hydrogens is 324 g/mol. The lowest BCUT2D eigenvalue weighted by Gasteiger charge is -2.20. The zero-order valence-electron chi connectivity index (χ0n) is 15.1. The van der Waals surface area contributed by atoms with E-state index in [0.29, 0.717) is 30.3 Å². The van der Waals surface area contributed by atoms with Crippen molar-refractivity contribution in [3.63, 3.8) is 0 Å². The summed E-state index contributed by atoms with van der Waals surface area (Å²) in [5, 5.41) is 0. The molecule has 0 spiro atoms. The molecule has 0 atom stereocenters. The van der Waals surface area contributed by atoms with Crippen LogP contribution in [0.4, 0.5) is 0 Å². The number of unbranched alkanes of at least 4 members (excludes halogenated alkanes) is 1. The van der Waals surface area contributed by atoms with E-state index in [2.05, 4.69) is 28.7 Å². The lowest BCUT2D eigenvalue weighted by Crippen LogP contribution is -2.33. The Morgan fingerprint density at radius 1 is 1.23 bits per heavy atom. The number of nitrogens with zero attached hydrogens (tertiary/aromatic N) is 4. The SMILES string of the molecule is CCCCN(CC#Cc1ccccc1)C(=O)c1c(C)nc2ncccn12. The normalized spacial score (nSPS) is 10.4. The van der Waals surface area contributed by atoms with E-state index in [0.717, 1.165) is 18.4 Å². The highest BCUT2D eigenvalue weighted by Crippen LogP contribution is 2.13. The zero-order valence-corrected chi connectivity index (χ0v) is 15.1. The van der Waals surface area contributed by atoms with E-state index in [9.17, 15) is 4.79 Å². The molecule has 3 aromatic rings. The summed E-state index contributed by atoms with van der Waals surface area (Å²) in [6.07, 6.45) is 5.45. The number of benzene rings is 1. The fraction of sp³-hybridized carbons (Fsp3) is 0.286. The minimum atomic E-state index is -0.0567. The van der Waals surface area contributed by atoms with E-state index < -0.39 is 0 Å². The Morgan fingerprint density at radius 2 is 2.04 bits per heavy atom. The molecule has 0 aliphatic carbocycles. The quantitative estimate of drug-likeness (QED) is 0.666. The predicted molar refractivity (Wildman–Crippen MR) is 102 cm³/mol. The van der Waals surface area contributed by atoms with Crippen LogP contribution in [0, 0.1) is 18.8 Å². The number of hydrogen-bond donors (Lipinski definition) is 0. The van der Waals surface area contributed by atoms with Gasteiger partial charge in [-0.1, -0.05) is 43.4 Å². The first-order chi connectivity index (χ1) is 12.7. The Bertz CT molecular complexity index is 950. The molecule has 2 aromatic heterocycles. The molecule has 132 valence electrons. The van der Waals surface area contributed by atoms with Crippen LogP contribution in [0.2, 0.25) is 0 Å². The number of amides is 1. The van der Waals surface area contributed by atoms with Gasteiger partial charge in [-0.05, 0) is 31.5 Å². The monoisotopic (exact) mass is 346 g/mol. The Kier molecular flexibility index (Phi) is 5.65. The van der Waals surface area contributed by atoms with Crippen LogP contribution in [-0.4, -0.2) is 38.3 Å². The van der Waals surface area contributed by atoms with Crippen molar-refractivity contribution in [2.75, 3.05) is 13.1 Å². The second-order valence-electron chi connectivity index (χ2n) is 6.08. The van der Waals surface area contributed by atoms with Gasteiger partial charge in [0.1, 0.15) is 5.69 Å². The number of rotatable bonds is 5. The van der Waals surface area contributed by atoms with Crippen molar-refractivity contribution in [3.8, 4) is 11.8 Å². The van der Waals surface area contributed by atoms with E-state index in [4.69, 9.17) is 0 Å². The summed E-state index contributed by atoms with van der Waals surface area (Å²) in [4.78, 5) is 23.6. The summed E-state index contributed by atoms with van der Waals surface area (Å²) < 4.78 is 1.75. The van der Waals surface area contributed by atoms with Gasteiger partial charge in [0.15, 0.2) is 0 Å². The molecule has 0 bridgehead atoms. The maximum Gasteiger partial charge on any atom is 0.273 e. The first kappa shape index (κ1) is 17.7. The molecule has 3 rings (SSSR count). The minimum absolute atomic E-state index is 0.0567. The second-order valence-corrected chi connectivity index (χ2v) is 6.08. The van der Waals surface area contributed by atoms with Gasteiger partial charge >= 0.3 is 0 Å². The topological polar surface area (TPSA) is 50.5 Å². The van der Waals surface area contributed by atoms with Gasteiger partial charge in [-0.25, -0.2) is 9.97 Å². The number of aryl methyl sites for hydroxylation is 1. The predicted octanol–water partition coefficient (Wildman–Crippen LogP) is 3.33. The third kappa shape index (κ3) is 3.92. The van der Waals surface area contributed by atoms with Gasteiger partial charge < -0.3 is 4.90 Å². The van der Waals surface area contributed by atoms with Gasteiger partial charge in [0.05, 0.1) is 12.2 Å². The molecule has 0 aliphatic heterocycles. The number of carbonyl (C=O) groups excluding carboxylic acids is 1. The van der Waals surface area contributed by atoms with Gasteiger partial charge in [0.25, 0.3) is 5.91 Å². The second kappa shape index (κ2) is 8.30. The average molecular weight is 346 g/mol. The number of imidazole rings is 1. The third-order valence-electron chi connectivity index (χ3n) is 4.13. The van der Waals surface area contributed by atoms with Crippen LogP contribution in [0.25, 0.3) is 5.78 Å². The summed E-state index contributed by atoms with van der Waals surface area (Å²) in [5.41, 5.74) is 2.20. The molecular formula is C21H22N4O. The van der Waals surface area contributed by atoms with E-state index in [1.165, 1.54) is 0 Å². The highest BCUT2D eigenvalue weighted by atomic mass is 16.2. The van der Waals surface area contributed by atoms with Crippen LogP contribution in [0.1, 0.15) is 41.5 Å². The largest absolute Gasteiger partial charge is 0.326 e. The van der Waals surface area contributed by atoms with E-state index >= 15 is 0 Å². The van der Waals surface area contributed by atoms with Crippen molar-refractivity contribution in [1.29, 1.82) is 0 Å². The Hall–Kier alpha value is -3.13. The highest BCUT2D eigenvalue weighted by Gasteiger charge is 2.22. The standard InChI is InChI=1S/C21H22N4O/c1-3-4-14-24(15-8-12-18-10-6-5-7-11-18)20(26)19-17(2)23-21-22-13-9-16-25(19)21/h5-7,9-11,13,16H,3-4,14-15H2,1-2H3. The molecule has 0 aliphatic rings.